The van der Waals surface area contributed by atoms with Crippen LogP contribution in [-0.4, -0.2) is 73.5 Å². The summed E-state index contributed by atoms with van der Waals surface area (Å²) in [5, 5.41) is 9.74. The molecule has 0 saturated carbocycles. The predicted octanol–water partition coefficient (Wildman–Crippen LogP) is 0.187. The van der Waals surface area contributed by atoms with Gasteiger partial charge in [-0.25, -0.2) is 0 Å². The summed E-state index contributed by atoms with van der Waals surface area (Å²) in [5.74, 6) is 0. The number of hydrogen-bond acceptors (Lipinski definition) is 4. The fourth-order valence-corrected chi connectivity index (χ4v) is 1.93. The summed E-state index contributed by atoms with van der Waals surface area (Å²) >= 11 is 0. The predicted molar refractivity (Wildman–Crippen MR) is 65.6 cm³/mol. The molecule has 1 aliphatic heterocycles. The van der Waals surface area contributed by atoms with E-state index >= 15 is 0 Å². The van der Waals surface area contributed by atoms with Crippen LogP contribution in [0.3, 0.4) is 0 Å². The Morgan fingerprint density at radius 3 is 2.50 bits per heavy atom. The van der Waals surface area contributed by atoms with Crippen molar-refractivity contribution < 1.29 is 9.84 Å². The Bertz CT molecular complexity index is 191. The van der Waals surface area contributed by atoms with Gasteiger partial charge in [0, 0.05) is 32.7 Å². The highest BCUT2D eigenvalue weighted by atomic mass is 16.5. The number of ether oxygens (including phenoxy) is 1. The number of nitrogens with zero attached hydrogens (tertiary/aromatic N) is 2. The third kappa shape index (κ3) is 5.07. The number of aliphatic hydroxyl groups excluding tert-OH is 1. The number of rotatable bonds is 7. The van der Waals surface area contributed by atoms with E-state index in [0.717, 1.165) is 32.7 Å². The molecule has 1 saturated heterocycles. The molecule has 1 aliphatic rings. The highest BCUT2D eigenvalue weighted by Gasteiger charge is 2.17. The van der Waals surface area contributed by atoms with Crippen LogP contribution in [-0.2, 0) is 4.74 Å². The second-order valence-electron chi connectivity index (χ2n) is 4.21. The third-order valence-electron chi connectivity index (χ3n) is 2.93. The first kappa shape index (κ1) is 13.6. The van der Waals surface area contributed by atoms with Gasteiger partial charge in [-0.3, -0.25) is 4.90 Å². The van der Waals surface area contributed by atoms with Crippen molar-refractivity contribution in [2.24, 2.45) is 0 Å². The SMILES string of the molecule is C=CCOCC(O)CN1CCN(CC)CC1. The summed E-state index contributed by atoms with van der Waals surface area (Å²) in [6, 6.07) is 0. The number of piperazine rings is 1. The smallest absolute Gasteiger partial charge is 0.0900 e. The van der Waals surface area contributed by atoms with Crippen molar-refractivity contribution >= 4 is 0 Å². The Balaban J connectivity index is 2.10. The van der Waals surface area contributed by atoms with Crippen molar-refractivity contribution in [1.29, 1.82) is 0 Å². The first-order chi connectivity index (χ1) is 7.76. The molecule has 1 N–H and O–H groups in total. The van der Waals surface area contributed by atoms with E-state index in [1.54, 1.807) is 6.08 Å². The van der Waals surface area contributed by atoms with E-state index in [-0.39, 0.29) is 6.10 Å². The Kier molecular flexibility index (Phi) is 6.64. The standard InChI is InChI=1S/C12H24N2O2/c1-3-9-16-11-12(15)10-14-7-5-13(4-2)6-8-14/h3,12,15H,1,4-11H2,2H3. The topological polar surface area (TPSA) is 35.9 Å². The molecule has 1 heterocycles. The molecule has 0 aromatic rings. The molecule has 94 valence electrons. The largest absolute Gasteiger partial charge is 0.389 e. The number of β-amino-alcohol motifs (C(OH)–C–C–N with tert-alkyl or cyclic N) is 1. The molecule has 1 unspecified atom stereocenters. The Hall–Kier alpha value is -0.420. The maximum atomic E-state index is 9.74. The summed E-state index contributed by atoms with van der Waals surface area (Å²) in [7, 11) is 0. The number of likely N-dealkylation sites (N-methyl/N-ethyl adjacent to an activating group) is 1. The van der Waals surface area contributed by atoms with Crippen molar-refractivity contribution in [2.75, 3.05) is 52.5 Å². The zero-order valence-corrected chi connectivity index (χ0v) is 10.3. The van der Waals surface area contributed by atoms with E-state index in [9.17, 15) is 5.11 Å². The van der Waals surface area contributed by atoms with Crippen LogP contribution in [0.25, 0.3) is 0 Å². The lowest BCUT2D eigenvalue weighted by Crippen LogP contribution is -2.48. The quantitative estimate of drug-likeness (QED) is 0.498. The van der Waals surface area contributed by atoms with E-state index in [1.165, 1.54) is 0 Å². The summed E-state index contributed by atoms with van der Waals surface area (Å²) in [4.78, 5) is 4.73. The third-order valence-corrected chi connectivity index (χ3v) is 2.93. The molecule has 0 spiro atoms. The van der Waals surface area contributed by atoms with Crippen LogP contribution in [0.4, 0.5) is 0 Å². The molecule has 0 aromatic carbocycles. The van der Waals surface area contributed by atoms with Crippen LogP contribution in [0.1, 0.15) is 6.92 Å². The fraction of sp³-hybridized carbons (Fsp3) is 0.833. The normalized spacial score (nSPS) is 20.9. The van der Waals surface area contributed by atoms with E-state index in [4.69, 9.17) is 4.74 Å². The van der Waals surface area contributed by atoms with Crippen molar-refractivity contribution in [2.45, 2.75) is 13.0 Å². The minimum Gasteiger partial charge on any atom is -0.389 e. The first-order valence-corrected chi connectivity index (χ1v) is 6.07. The molecule has 1 fully saturated rings. The zero-order valence-electron chi connectivity index (χ0n) is 10.3. The van der Waals surface area contributed by atoms with E-state index in [0.29, 0.717) is 19.8 Å². The minimum absolute atomic E-state index is 0.381. The molecule has 4 nitrogen and oxygen atoms in total. The summed E-state index contributed by atoms with van der Waals surface area (Å²) < 4.78 is 5.22. The first-order valence-electron chi connectivity index (χ1n) is 6.07. The fourth-order valence-electron chi connectivity index (χ4n) is 1.93. The van der Waals surface area contributed by atoms with Crippen molar-refractivity contribution in [1.82, 2.24) is 9.80 Å². The zero-order chi connectivity index (χ0) is 11.8. The van der Waals surface area contributed by atoms with Crippen molar-refractivity contribution in [3.8, 4) is 0 Å². The monoisotopic (exact) mass is 228 g/mol. The molecule has 1 atom stereocenters. The average molecular weight is 228 g/mol. The number of aliphatic hydroxyl groups is 1. The Morgan fingerprint density at radius 1 is 1.31 bits per heavy atom. The van der Waals surface area contributed by atoms with Gasteiger partial charge in [-0.1, -0.05) is 13.0 Å². The van der Waals surface area contributed by atoms with Gasteiger partial charge >= 0.3 is 0 Å². The molecular weight excluding hydrogens is 204 g/mol. The van der Waals surface area contributed by atoms with Crippen LogP contribution in [0.15, 0.2) is 12.7 Å². The lowest BCUT2D eigenvalue weighted by atomic mass is 10.2. The van der Waals surface area contributed by atoms with E-state index in [1.807, 2.05) is 0 Å². The molecule has 0 amide bonds. The van der Waals surface area contributed by atoms with Gasteiger partial charge in [0.25, 0.3) is 0 Å². The van der Waals surface area contributed by atoms with E-state index < -0.39 is 0 Å². The van der Waals surface area contributed by atoms with Gasteiger partial charge in [0.2, 0.25) is 0 Å². The molecule has 0 radical (unpaired) electrons. The lowest BCUT2D eigenvalue weighted by molar-refractivity contribution is 0.0154. The molecule has 16 heavy (non-hydrogen) atoms. The Labute approximate surface area is 98.5 Å². The maximum absolute atomic E-state index is 9.74. The van der Waals surface area contributed by atoms with Crippen LogP contribution in [0.5, 0.6) is 0 Å². The number of hydrogen-bond donors (Lipinski definition) is 1. The minimum atomic E-state index is -0.381. The van der Waals surface area contributed by atoms with Crippen LogP contribution in [0.2, 0.25) is 0 Å². The maximum Gasteiger partial charge on any atom is 0.0900 e. The van der Waals surface area contributed by atoms with Gasteiger partial charge in [-0.05, 0) is 6.54 Å². The highest BCUT2D eigenvalue weighted by molar-refractivity contribution is 4.73. The second kappa shape index (κ2) is 7.79. The summed E-state index contributed by atoms with van der Waals surface area (Å²) in [5.41, 5.74) is 0. The van der Waals surface area contributed by atoms with Gasteiger partial charge in [0.05, 0.1) is 19.3 Å². The molecule has 1 rings (SSSR count). The Morgan fingerprint density at radius 2 is 1.94 bits per heavy atom. The lowest BCUT2D eigenvalue weighted by Gasteiger charge is -2.34. The molecule has 0 aliphatic carbocycles. The summed E-state index contributed by atoms with van der Waals surface area (Å²) in [6.07, 6.45) is 1.32. The van der Waals surface area contributed by atoms with Crippen LogP contribution >= 0.6 is 0 Å². The van der Waals surface area contributed by atoms with Gasteiger partial charge in [-0.15, -0.1) is 6.58 Å². The molecule has 0 bridgehead atoms. The van der Waals surface area contributed by atoms with Gasteiger partial charge < -0.3 is 14.7 Å². The average Bonchev–Trinajstić information content (AvgIpc) is 2.30. The van der Waals surface area contributed by atoms with Gasteiger partial charge in [-0.2, -0.15) is 0 Å². The van der Waals surface area contributed by atoms with Crippen molar-refractivity contribution in [3.05, 3.63) is 12.7 Å². The van der Waals surface area contributed by atoms with Gasteiger partial charge in [0.15, 0.2) is 0 Å². The molecule has 4 heteroatoms. The van der Waals surface area contributed by atoms with Crippen molar-refractivity contribution in [3.63, 3.8) is 0 Å². The van der Waals surface area contributed by atoms with Gasteiger partial charge in [0.1, 0.15) is 0 Å². The molecular formula is C12H24N2O2. The summed E-state index contributed by atoms with van der Waals surface area (Å²) in [6.45, 7) is 12.8. The van der Waals surface area contributed by atoms with E-state index in [2.05, 4.69) is 23.3 Å². The van der Waals surface area contributed by atoms with Crippen LogP contribution < -0.4 is 0 Å². The highest BCUT2D eigenvalue weighted by Crippen LogP contribution is 2.02. The molecule has 0 aromatic heterocycles. The second-order valence-corrected chi connectivity index (χ2v) is 4.21. The van der Waals surface area contributed by atoms with Crippen LogP contribution in [0, 0.1) is 0 Å².